The highest BCUT2D eigenvalue weighted by molar-refractivity contribution is 7.90. The van der Waals surface area contributed by atoms with Gasteiger partial charge in [0.2, 0.25) is 5.28 Å². The van der Waals surface area contributed by atoms with Gasteiger partial charge in [-0.25, -0.2) is 18.1 Å². The van der Waals surface area contributed by atoms with Crippen LogP contribution in [0, 0.1) is 0 Å². The molecular formula is C13H8Cl4F3N3O3S. The molecule has 6 nitrogen and oxygen atoms in total. The SMILES string of the molecule is O=C(NS(=O)(=O)c1c(Cl)cccc1Cl)c1nc(Cl)n(CCC(F)(F)F)c1Cl. The third kappa shape index (κ3) is 5.20. The number of carbonyl (C=O) groups is 1. The number of benzene rings is 1. The molecule has 27 heavy (non-hydrogen) atoms. The van der Waals surface area contributed by atoms with E-state index in [1.54, 1.807) is 4.72 Å². The fraction of sp³-hybridized carbons (Fsp3) is 0.231. The van der Waals surface area contributed by atoms with Gasteiger partial charge in [-0.1, -0.05) is 40.9 Å². The molecule has 14 heteroatoms. The number of hydrogen-bond donors (Lipinski definition) is 1. The number of imidazole rings is 1. The normalized spacial score (nSPS) is 12.3. The van der Waals surface area contributed by atoms with Crippen LogP contribution in [0.5, 0.6) is 0 Å². The summed E-state index contributed by atoms with van der Waals surface area (Å²) in [6.45, 7) is -0.704. The molecule has 0 saturated heterocycles. The average molecular weight is 485 g/mol. The van der Waals surface area contributed by atoms with Crippen molar-refractivity contribution in [2.24, 2.45) is 0 Å². The highest BCUT2D eigenvalue weighted by Crippen LogP contribution is 2.30. The molecule has 0 fully saturated rings. The van der Waals surface area contributed by atoms with Crippen molar-refractivity contribution in [3.63, 3.8) is 0 Å². The second-order valence-corrected chi connectivity index (χ2v) is 8.15. The molecule has 0 atom stereocenters. The van der Waals surface area contributed by atoms with E-state index >= 15 is 0 Å². The number of halogens is 7. The lowest BCUT2D eigenvalue weighted by Crippen LogP contribution is -2.31. The molecule has 1 aromatic carbocycles. The molecular weight excluding hydrogens is 477 g/mol. The molecule has 0 spiro atoms. The summed E-state index contributed by atoms with van der Waals surface area (Å²) in [4.78, 5) is 15.2. The molecule has 2 rings (SSSR count). The van der Waals surface area contributed by atoms with Gasteiger partial charge in [0.1, 0.15) is 10.0 Å². The molecule has 0 aliphatic heterocycles. The van der Waals surface area contributed by atoms with Crippen molar-refractivity contribution >= 4 is 62.3 Å². The topological polar surface area (TPSA) is 81.1 Å². The van der Waals surface area contributed by atoms with Crippen molar-refractivity contribution < 1.29 is 26.4 Å². The Morgan fingerprint density at radius 2 is 1.70 bits per heavy atom. The first-order valence-corrected chi connectivity index (χ1v) is 9.82. The Labute approximate surface area is 171 Å². The van der Waals surface area contributed by atoms with Crippen LogP contribution in [0.3, 0.4) is 0 Å². The first kappa shape index (κ1) is 22.1. The second-order valence-electron chi connectivity index (χ2n) is 5.02. The minimum absolute atomic E-state index is 0.248. The van der Waals surface area contributed by atoms with E-state index in [1.807, 2.05) is 0 Å². The zero-order valence-corrected chi connectivity index (χ0v) is 16.7. The lowest BCUT2D eigenvalue weighted by molar-refractivity contribution is -0.136. The minimum atomic E-state index is -4.52. The summed E-state index contributed by atoms with van der Waals surface area (Å²) in [7, 11) is -4.52. The third-order valence-corrected chi connectivity index (χ3v) is 6.06. The van der Waals surface area contributed by atoms with E-state index < -0.39 is 56.1 Å². The van der Waals surface area contributed by atoms with Gasteiger partial charge in [0.25, 0.3) is 15.9 Å². The number of alkyl halides is 3. The monoisotopic (exact) mass is 483 g/mol. The van der Waals surface area contributed by atoms with Gasteiger partial charge >= 0.3 is 6.18 Å². The number of hydrogen-bond acceptors (Lipinski definition) is 4. The van der Waals surface area contributed by atoms with Crippen molar-refractivity contribution in [2.75, 3.05) is 0 Å². The van der Waals surface area contributed by atoms with Crippen LogP contribution in [0.15, 0.2) is 23.1 Å². The van der Waals surface area contributed by atoms with Crippen LogP contribution < -0.4 is 4.72 Å². The maximum atomic E-state index is 12.4. The van der Waals surface area contributed by atoms with E-state index in [1.165, 1.54) is 18.2 Å². The van der Waals surface area contributed by atoms with Crippen molar-refractivity contribution in [1.29, 1.82) is 0 Å². The molecule has 0 saturated carbocycles. The standard InChI is InChI=1S/C13H8Cl4F3N3O3S/c14-6-2-1-3-7(15)9(6)27(25,26)22-11(24)8-10(16)23(12(17)21-8)5-4-13(18,19)20/h1-3H,4-5H2,(H,22,24). The molecule has 1 N–H and O–H groups in total. The Bertz CT molecular complexity index is 972. The number of rotatable bonds is 5. The summed E-state index contributed by atoms with van der Waals surface area (Å²) >= 11 is 23.1. The fourth-order valence-electron chi connectivity index (χ4n) is 1.94. The van der Waals surface area contributed by atoms with Gasteiger partial charge in [-0.2, -0.15) is 13.2 Å². The Morgan fingerprint density at radius 3 is 2.22 bits per heavy atom. The van der Waals surface area contributed by atoms with Gasteiger partial charge in [0.15, 0.2) is 5.69 Å². The van der Waals surface area contributed by atoms with E-state index in [2.05, 4.69) is 4.98 Å². The van der Waals surface area contributed by atoms with Crippen LogP contribution in [0.2, 0.25) is 20.5 Å². The number of nitrogens with zero attached hydrogens (tertiary/aromatic N) is 2. The molecule has 1 amide bonds. The summed E-state index contributed by atoms with van der Waals surface area (Å²) in [5, 5.41) is -1.56. The molecule has 0 aliphatic carbocycles. The number of amides is 1. The van der Waals surface area contributed by atoms with Gasteiger partial charge in [-0.05, 0) is 23.7 Å². The van der Waals surface area contributed by atoms with E-state index in [4.69, 9.17) is 46.4 Å². The largest absolute Gasteiger partial charge is 0.390 e. The van der Waals surface area contributed by atoms with Crippen molar-refractivity contribution in [3.8, 4) is 0 Å². The molecule has 0 radical (unpaired) electrons. The fourth-order valence-corrected chi connectivity index (χ4v) is 4.63. The number of aromatic nitrogens is 2. The van der Waals surface area contributed by atoms with Gasteiger partial charge in [0.05, 0.1) is 16.5 Å². The van der Waals surface area contributed by atoms with Crippen molar-refractivity contribution in [1.82, 2.24) is 14.3 Å². The molecule has 0 bridgehead atoms. The molecule has 1 heterocycles. The summed E-state index contributed by atoms with van der Waals surface area (Å²) < 4.78 is 64.1. The molecule has 148 valence electrons. The van der Waals surface area contributed by atoms with Gasteiger partial charge < -0.3 is 4.57 Å². The third-order valence-electron chi connectivity index (χ3n) is 3.11. The summed E-state index contributed by atoms with van der Waals surface area (Å²) in [5.74, 6) is -1.32. The number of sulfonamides is 1. The maximum Gasteiger partial charge on any atom is 0.390 e. The van der Waals surface area contributed by atoms with Gasteiger partial charge in [0, 0.05) is 6.54 Å². The predicted molar refractivity (Wildman–Crippen MR) is 94.0 cm³/mol. The van der Waals surface area contributed by atoms with Crippen LogP contribution in [0.4, 0.5) is 13.2 Å². The van der Waals surface area contributed by atoms with E-state index in [0.29, 0.717) is 0 Å². The average Bonchev–Trinajstić information content (AvgIpc) is 2.78. The lowest BCUT2D eigenvalue weighted by Gasteiger charge is -2.10. The van der Waals surface area contributed by atoms with Crippen LogP contribution in [0.1, 0.15) is 16.9 Å². The van der Waals surface area contributed by atoms with E-state index in [9.17, 15) is 26.4 Å². The van der Waals surface area contributed by atoms with Crippen LogP contribution in [-0.2, 0) is 16.6 Å². The zero-order chi connectivity index (χ0) is 20.6. The Morgan fingerprint density at radius 1 is 1.15 bits per heavy atom. The minimum Gasteiger partial charge on any atom is -0.305 e. The zero-order valence-electron chi connectivity index (χ0n) is 12.8. The molecule has 2 aromatic rings. The Kier molecular flexibility index (Phi) is 6.58. The predicted octanol–water partition coefficient (Wildman–Crippen LogP) is 4.57. The van der Waals surface area contributed by atoms with E-state index in [-0.39, 0.29) is 10.0 Å². The summed E-state index contributed by atoms with van der Waals surface area (Å²) in [6.07, 6.45) is -5.78. The molecule has 0 unspecified atom stereocenters. The summed E-state index contributed by atoms with van der Waals surface area (Å²) in [5.41, 5.74) is -0.671. The van der Waals surface area contributed by atoms with Gasteiger partial charge in [-0.3, -0.25) is 4.79 Å². The van der Waals surface area contributed by atoms with Gasteiger partial charge in [-0.15, -0.1) is 0 Å². The summed E-state index contributed by atoms with van der Waals surface area (Å²) in [6, 6.07) is 3.87. The molecule has 0 aliphatic rings. The molecule has 1 aromatic heterocycles. The first-order chi connectivity index (χ1) is 12.3. The first-order valence-electron chi connectivity index (χ1n) is 6.83. The van der Waals surface area contributed by atoms with Crippen LogP contribution >= 0.6 is 46.4 Å². The lowest BCUT2D eigenvalue weighted by atomic mass is 10.4. The highest BCUT2D eigenvalue weighted by Gasteiger charge is 2.31. The maximum absolute atomic E-state index is 12.4. The quantitative estimate of drug-likeness (QED) is 0.674. The van der Waals surface area contributed by atoms with Crippen molar-refractivity contribution in [2.45, 2.75) is 24.0 Å². The van der Waals surface area contributed by atoms with Crippen molar-refractivity contribution in [3.05, 3.63) is 44.4 Å². The smallest absolute Gasteiger partial charge is 0.305 e. The van der Waals surface area contributed by atoms with Crippen LogP contribution in [0.25, 0.3) is 0 Å². The Balaban J connectivity index is 2.31. The van der Waals surface area contributed by atoms with E-state index in [0.717, 1.165) is 4.57 Å². The second kappa shape index (κ2) is 8.04. The Hall–Kier alpha value is -1.20. The number of carbonyl (C=O) groups excluding carboxylic acids is 1. The number of nitrogens with one attached hydrogen (secondary N) is 1. The van der Waals surface area contributed by atoms with Crippen LogP contribution in [-0.4, -0.2) is 30.1 Å². The highest BCUT2D eigenvalue weighted by atomic mass is 35.5.